The number of imidazole rings is 1. The molecule has 7 rings (SSSR count). The van der Waals surface area contributed by atoms with Crippen LogP contribution in [0.4, 0.5) is 0 Å². The number of likely N-dealkylation sites (tertiary alicyclic amines) is 1. The van der Waals surface area contributed by atoms with Gasteiger partial charge in [-0.2, -0.15) is 0 Å². The van der Waals surface area contributed by atoms with E-state index in [4.69, 9.17) is 9.47 Å². The molecule has 4 heterocycles. The van der Waals surface area contributed by atoms with Crippen molar-refractivity contribution in [2.24, 2.45) is 0 Å². The highest BCUT2D eigenvalue weighted by Gasteiger charge is 2.21. The van der Waals surface area contributed by atoms with Gasteiger partial charge in [0, 0.05) is 30.7 Å². The number of pyridine rings is 1. The minimum Gasteiger partial charge on any atom is -0.486 e. The highest BCUT2D eigenvalue weighted by Crippen LogP contribution is 2.38. The van der Waals surface area contributed by atoms with Crippen LogP contribution >= 0.6 is 0 Å². The van der Waals surface area contributed by atoms with Gasteiger partial charge < -0.3 is 24.3 Å². The number of aromatic nitrogens is 3. The molecule has 2 N–H and O–H groups in total. The van der Waals surface area contributed by atoms with Gasteiger partial charge >= 0.3 is 5.69 Å². The summed E-state index contributed by atoms with van der Waals surface area (Å²) in [6.45, 7) is 6.69. The lowest BCUT2D eigenvalue weighted by Gasteiger charge is -2.30. The molecule has 0 aliphatic carbocycles. The number of H-pyrrole nitrogens is 2. The first-order valence-electron chi connectivity index (χ1n) is 15.3. The third kappa shape index (κ3) is 5.39. The molecule has 1 fully saturated rings. The number of fused-ring (bicyclic) bond motifs is 3. The third-order valence-electron chi connectivity index (χ3n) is 8.77. The Morgan fingerprint density at radius 2 is 1.58 bits per heavy atom. The lowest BCUT2D eigenvalue weighted by atomic mass is 9.87. The second kappa shape index (κ2) is 11.6. The first-order valence-corrected chi connectivity index (χ1v) is 15.3. The molecule has 0 unspecified atom stereocenters. The minimum absolute atomic E-state index is 0.0184. The summed E-state index contributed by atoms with van der Waals surface area (Å²) in [5, 5.41) is 1.04. The van der Waals surface area contributed by atoms with Crippen LogP contribution in [0.5, 0.6) is 11.5 Å². The van der Waals surface area contributed by atoms with Gasteiger partial charge in [-0.15, -0.1) is 0 Å². The molecule has 8 nitrogen and oxygen atoms in total. The van der Waals surface area contributed by atoms with Crippen molar-refractivity contribution in [1.82, 2.24) is 19.4 Å². The molecule has 5 aromatic rings. The number of aryl methyl sites for hydroxylation is 2. The van der Waals surface area contributed by atoms with Gasteiger partial charge in [-0.05, 0) is 96.8 Å². The van der Waals surface area contributed by atoms with Crippen LogP contribution in [0.25, 0.3) is 27.5 Å². The number of aromatic amines is 2. The van der Waals surface area contributed by atoms with Gasteiger partial charge in [0.15, 0.2) is 11.5 Å². The van der Waals surface area contributed by atoms with E-state index in [0.29, 0.717) is 26.2 Å². The molecule has 43 heavy (non-hydrogen) atoms. The Bertz CT molecular complexity index is 1950. The maximum absolute atomic E-state index is 12.5. The molecule has 0 spiro atoms. The quantitative estimate of drug-likeness (QED) is 0.267. The summed E-state index contributed by atoms with van der Waals surface area (Å²) in [5.41, 5.74) is 8.33. The summed E-state index contributed by atoms with van der Waals surface area (Å²) in [5.74, 6) is 1.57. The van der Waals surface area contributed by atoms with Gasteiger partial charge in [-0.25, -0.2) is 4.79 Å². The Kier molecular flexibility index (Phi) is 7.37. The Morgan fingerprint density at radius 3 is 2.42 bits per heavy atom. The Labute approximate surface area is 249 Å². The predicted molar refractivity (Wildman–Crippen MR) is 170 cm³/mol. The zero-order valence-corrected chi connectivity index (χ0v) is 24.4. The molecular weight excluding hydrogens is 540 g/mol. The molecule has 2 aromatic heterocycles. The largest absolute Gasteiger partial charge is 0.486 e. The Balaban J connectivity index is 1.15. The summed E-state index contributed by atoms with van der Waals surface area (Å²) < 4.78 is 13.6. The van der Waals surface area contributed by atoms with E-state index in [1.54, 1.807) is 0 Å². The Hall–Kier alpha value is -4.56. The zero-order valence-electron chi connectivity index (χ0n) is 24.4. The molecule has 0 radical (unpaired) electrons. The second-order valence-electron chi connectivity index (χ2n) is 11.4. The molecule has 0 saturated carbocycles. The van der Waals surface area contributed by atoms with Crippen LogP contribution in [-0.4, -0.2) is 52.3 Å². The fourth-order valence-electron chi connectivity index (χ4n) is 6.52. The lowest BCUT2D eigenvalue weighted by molar-refractivity contribution is 0.171. The van der Waals surface area contributed by atoms with E-state index in [0.717, 1.165) is 89.0 Å². The highest BCUT2D eigenvalue weighted by atomic mass is 16.6. The van der Waals surface area contributed by atoms with E-state index < -0.39 is 0 Å². The fourth-order valence-corrected chi connectivity index (χ4v) is 6.52. The van der Waals surface area contributed by atoms with E-state index in [-0.39, 0.29) is 11.2 Å². The first-order chi connectivity index (χ1) is 21.1. The van der Waals surface area contributed by atoms with Gasteiger partial charge in [-0.3, -0.25) is 9.36 Å². The standard InChI is InChI=1S/C35H36N4O4/c1-2-23-20-27-21-25(8-10-28(27)36-34(23)40)33(26-9-11-31-32(22-26)43-19-18-42-31)24-12-16-38(17-13-24)14-5-15-39-30-7-4-3-6-29(30)37-35(39)41/h3-4,6-11,20-22H,2,5,12-19H2,1H3,(H,36,40)(H,37,41). The summed E-state index contributed by atoms with van der Waals surface area (Å²) in [6, 6.07) is 22.5. The molecule has 8 heteroatoms. The molecule has 1 saturated heterocycles. The zero-order chi connectivity index (χ0) is 29.3. The number of piperidine rings is 1. The predicted octanol–water partition coefficient (Wildman–Crippen LogP) is 5.49. The van der Waals surface area contributed by atoms with Crippen LogP contribution in [0.3, 0.4) is 0 Å². The molecular formula is C35H36N4O4. The average molecular weight is 577 g/mol. The maximum atomic E-state index is 12.5. The van der Waals surface area contributed by atoms with Crippen molar-refractivity contribution >= 4 is 27.5 Å². The van der Waals surface area contributed by atoms with Crippen molar-refractivity contribution in [1.29, 1.82) is 0 Å². The fraction of sp³-hybridized carbons (Fsp3) is 0.314. The molecule has 2 aliphatic heterocycles. The number of nitrogens with one attached hydrogen (secondary N) is 2. The number of ether oxygens (including phenoxy) is 2. The van der Waals surface area contributed by atoms with E-state index in [9.17, 15) is 9.59 Å². The first kappa shape index (κ1) is 27.3. The normalized spacial score (nSPS) is 15.3. The van der Waals surface area contributed by atoms with Crippen LogP contribution in [-0.2, 0) is 13.0 Å². The van der Waals surface area contributed by atoms with Crippen LogP contribution in [0.15, 0.2) is 81.9 Å². The summed E-state index contributed by atoms with van der Waals surface area (Å²) >= 11 is 0. The number of para-hydroxylation sites is 2. The maximum Gasteiger partial charge on any atom is 0.326 e. The molecule has 0 atom stereocenters. The average Bonchev–Trinajstić information content (AvgIpc) is 3.36. The number of hydrogen-bond acceptors (Lipinski definition) is 5. The van der Waals surface area contributed by atoms with Crippen molar-refractivity contribution in [3.05, 3.63) is 110 Å². The molecule has 0 bridgehead atoms. The van der Waals surface area contributed by atoms with Crippen molar-refractivity contribution in [2.45, 2.75) is 39.2 Å². The van der Waals surface area contributed by atoms with Gasteiger partial charge in [-0.1, -0.05) is 36.8 Å². The Morgan fingerprint density at radius 1 is 0.814 bits per heavy atom. The molecule has 220 valence electrons. The third-order valence-corrected chi connectivity index (χ3v) is 8.77. The van der Waals surface area contributed by atoms with E-state index in [1.807, 2.05) is 54.0 Å². The van der Waals surface area contributed by atoms with Crippen molar-refractivity contribution in [3.8, 4) is 11.5 Å². The summed E-state index contributed by atoms with van der Waals surface area (Å²) in [7, 11) is 0. The summed E-state index contributed by atoms with van der Waals surface area (Å²) in [6.07, 6.45) is 3.52. The number of rotatable bonds is 7. The van der Waals surface area contributed by atoms with Crippen LogP contribution < -0.4 is 20.7 Å². The van der Waals surface area contributed by atoms with Crippen LogP contribution in [0, 0.1) is 0 Å². The van der Waals surface area contributed by atoms with Crippen molar-refractivity contribution < 1.29 is 9.47 Å². The number of nitrogens with zero attached hydrogens (tertiary/aromatic N) is 2. The molecule has 0 amide bonds. The second-order valence-corrected chi connectivity index (χ2v) is 11.4. The topological polar surface area (TPSA) is 92.3 Å². The van der Waals surface area contributed by atoms with E-state index >= 15 is 0 Å². The molecule has 3 aromatic carbocycles. The number of benzene rings is 3. The van der Waals surface area contributed by atoms with Crippen molar-refractivity contribution in [2.75, 3.05) is 32.8 Å². The van der Waals surface area contributed by atoms with Gasteiger partial charge in [0.1, 0.15) is 13.2 Å². The SMILES string of the molecule is CCc1cc2cc(C(=C3CCN(CCCn4c(=O)[nH]c5ccccc54)CC3)c3ccc4c(c3)OCCO4)ccc2[nH]c1=O. The van der Waals surface area contributed by atoms with Crippen LogP contribution in [0.1, 0.15) is 42.9 Å². The van der Waals surface area contributed by atoms with Gasteiger partial charge in [0.05, 0.1) is 11.0 Å². The molecule has 2 aliphatic rings. The smallest absolute Gasteiger partial charge is 0.326 e. The van der Waals surface area contributed by atoms with E-state index in [2.05, 4.69) is 39.1 Å². The van der Waals surface area contributed by atoms with Gasteiger partial charge in [0.25, 0.3) is 5.56 Å². The number of hydrogen-bond donors (Lipinski definition) is 2. The lowest BCUT2D eigenvalue weighted by Crippen LogP contribution is -2.33. The van der Waals surface area contributed by atoms with Gasteiger partial charge in [0.2, 0.25) is 0 Å². The van der Waals surface area contributed by atoms with Crippen LogP contribution in [0.2, 0.25) is 0 Å². The monoisotopic (exact) mass is 576 g/mol. The summed E-state index contributed by atoms with van der Waals surface area (Å²) in [4.78, 5) is 33.4. The van der Waals surface area contributed by atoms with E-state index in [1.165, 1.54) is 11.1 Å². The highest BCUT2D eigenvalue weighted by molar-refractivity contribution is 5.89. The minimum atomic E-state index is -0.0420. The van der Waals surface area contributed by atoms with Crippen molar-refractivity contribution in [3.63, 3.8) is 0 Å².